The number of aryl methyl sites for hydroxylation is 2. The molecule has 0 aliphatic rings. The van der Waals surface area contributed by atoms with Crippen LogP contribution in [0.3, 0.4) is 0 Å². The van der Waals surface area contributed by atoms with Gasteiger partial charge in [-0.1, -0.05) is 36.4 Å². The van der Waals surface area contributed by atoms with Crippen molar-refractivity contribution in [3.8, 4) is 0 Å². The molecule has 0 radical (unpaired) electrons. The van der Waals surface area contributed by atoms with Gasteiger partial charge in [0, 0.05) is 28.9 Å². The van der Waals surface area contributed by atoms with Crippen LogP contribution in [0.25, 0.3) is 21.8 Å². The molecule has 0 fully saturated rings. The van der Waals surface area contributed by atoms with Gasteiger partial charge in [-0.3, -0.25) is 4.79 Å². The van der Waals surface area contributed by atoms with Gasteiger partial charge in [0.05, 0.1) is 23.9 Å². The molecule has 6 nitrogen and oxygen atoms in total. The van der Waals surface area contributed by atoms with E-state index in [1.807, 2.05) is 61.7 Å². The Kier molecular flexibility index (Phi) is 5.48. The van der Waals surface area contributed by atoms with Crippen LogP contribution in [-0.2, 0) is 27.3 Å². The highest BCUT2D eigenvalue weighted by molar-refractivity contribution is 5.98. The van der Waals surface area contributed by atoms with E-state index in [0.717, 1.165) is 32.9 Å². The van der Waals surface area contributed by atoms with Gasteiger partial charge >= 0.3 is 11.9 Å². The van der Waals surface area contributed by atoms with Crippen LogP contribution in [0, 0.1) is 6.92 Å². The summed E-state index contributed by atoms with van der Waals surface area (Å²) in [4.78, 5) is 32.5. The lowest BCUT2D eigenvalue weighted by molar-refractivity contribution is -0.145. The summed E-state index contributed by atoms with van der Waals surface area (Å²) in [6.07, 6.45) is 2.72. The second-order valence-electron chi connectivity index (χ2n) is 7.09. The molecule has 0 aliphatic carbocycles. The molecule has 2 aromatic carbocycles. The summed E-state index contributed by atoms with van der Waals surface area (Å²) >= 11 is 0. The van der Waals surface area contributed by atoms with Crippen LogP contribution in [0.15, 0.2) is 54.7 Å². The van der Waals surface area contributed by atoms with E-state index >= 15 is 0 Å². The number of para-hydroxylation sites is 2. The molecule has 0 atom stereocenters. The van der Waals surface area contributed by atoms with E-state index in [9.17, 15) is 9.59 Å². The van der Waals surface area contributed by atoms with Crippen LogP contribution in [0.2, 0.25) is 0 Å². The normalized spacial score (nSPS) is 11.0. The Morgan fingerprint density at radius 3 is 2.57 bits per heavy atom. The molecule has 4 aromatic rings. The fourth-order valence-electron chi connectivity index (χ4n) is 3.71. The molecule has 4 rings (SSSR count). The monoisotopic (exact) mass is 402 g/mol. The molecule has 0 saturated carbocycles. The van der Waals surface area contributed by atoms with Crippen molar-refractivity contribution in [1.82, 2.24) is 9.97 Å². The lowest BCUT2D eigenvalue weighted by Crippen LogP contribution is -2.14. The third kappa shape index (κ3) is 3.76. The number of methoxy groups -OCH3 is 1. The third-order valence-corrected chi connectivity index (χ3v) is 5.26. The van der Waals surface area contributed by atoms with E-state index in [-0.39, 0.29) is 19.0 Å². The molecule has 6 heteroatoms. The molecule has 2 aromatic heterocycles. The average Bonchev–Trinajstić information content (AvgIpc) is 3.19. The number of ether oxygens (including phenoxy) is 2. The third-order valence-electron chi connectivity index (χ3n) is 5.26. The number of benzene rings is 2. The fraction of sp³-hybridized carbons (Fsp3) is 0.208. The maximum atomic E-state index is 12.4. The van der Waals surface area contributed by atoms with Gasteiger partial charge in [-0.2, -0.15) is 0 Å². The van der Waals surface area contributed by atoms with Gasteiger partial charge in [-0.25, -0.2) is 9.78 Å². The molecule has 1 N–H and O–H groups in total. The summed E-state index contributed by atoms with van der Waals surface area (Å²) in [5.74, 6) is -0.834. The molecular formula is C24H22N2O4. The molecule has 152 valence electrons. The van der Waals surface area contributed by atoms with E-state index in [0.29, 0.717) is 17.7 Å². The maximum absolute atomic E-state index is 12.4. The zero-order valence-electron chi connectivity index (χ0n) is 16.9. The Bertz CT molecular complexity index is 1240. The van der Waals surface area contributed by atoms with Gasteiger partial charge in [-0.15, -0.1) is 0 Å². The number of hydrogen-bond donors (Lipinski definition) is 1. The Morgan fingerprint density at radius 2 is 1.77 bits per heavy atom. The molecule has 0 amide bonds. The summed E-state index contributed by atoms with van der Waals surface area (Å²) in [5.41, 5.74) is 4.36. The van der Waals surface area contributed by atoms with Crippen molar-refractivity contribution in [2.24, 2.45) is 0 Å². The van der Waals surface area contributed by atoms with Crippen LogP contribution >= 0.6 is 0 Å². The SMILES string of the molecule is COC(=O)c1c(COC(=O)CCc2c[nH]c3ccccc23)nc2ccccc2c1C. The number of aromatic amines is 1. The number of fused-ring (bicyclic) bond motifs is 2. The standard InChI is InChI=1S/C24H22N2O4/c1-15-17-7-3-6-10-20(17)26-21(23(15)24(28)29-2)14-30-22(27)12-11-16-13-25-19-9-5-4-8-18(16)19/h3-10,13,25H,11-12,14H2,1-2H3. The molecule has 0 spiro atoms. The largest absolute Gasteiger partial charge is 0.465 e. The molecule has 0 aliphatic heterocycles. The predicted molar refractivity (Wildman–Crippen MR) is 114 cm³/mol. The van der Waals surface area contributed by atoms with Gasteiger partial charge < -0.3 is 14.5 Å². The average molecular weight is 402 g/mol. The molecular weight excluding hydrogens is 380 g/mol. The van der Waals surface area contributed by atoms with Crippen LogP contribution in [-0.4, -0.2) is 29.0 Å². The summed E-state index contributed by atoms with van der Waals surface area (Å²) in [7, 11) is 1.33. The van der Waals surface area contributed by atoms with Crippen molar-refractivity contribution >= 4 is 33.7 Å². The quantitative estimate of drug-likeness (QED) is 0.481. The number of pyridine rings is 1. The lowest BCUT2D eigenvalue weighted by atomic mass is 10.0. The highest BCUT2D eigenvalue weighted by Crippen LogP contribution is 2.24. The predicted octanol–water partition coefficient (Wildman–Crippen LogP) is 4.49. The Morgan fingerprint density at radius 1 is 1.03 bits per heavy atom. The van der Waals surface area contributed by atoms with Gasteiger partial charge in [0.2, 0.25) is 0 Å². The van der Waals surface area contributed by atoms with Gasteiger partial charge in [0.1, 0.15) is 6.61 Å². The fourth-order valence-corrected chi connectivity index (χ4v) is 3.71. The van der Waals surface area contributed by atoms with E-state index in [2.05, 4.69) is 9.97 Å². The van der Waals surface area contributed by atoms with Gasteiger partial charge in [0.15, 0.2) is 0 Å². The molecule has 30 heavy (non-hydrogen) atoms. The maximum Gasteiger partial charge on any atom is 0.340 e. The number of H-pyrrole nitrogens is 1. The van der Waals surface area contributed by atoms with Crippen molar-refractivity contribution in [3.05, 3.63) is 77.1 Å². The van der Waals surface area contributed by atoms with Gasteiger partial charge in [-0.05, 0) is 36.6 Å². The Balaban J connectivity index is 1.50. The zero-order valence-corrected chi connectivity index (χ0v) is 16.9. The minimum absolute atomic E-state index is 0.0805. The first-order chi connectivity index (χ1) is 14.6. The first kappa shape index (κ1) is 19.6. The lowest BCUT2D eigenvalue weighted by Gasteiger charge is -2.13. The van der Waals surface area contributed by atoms with E-state index < -0.39 is 5.97 Å². The second kappa shape index (κ2) is 8.37. The van der Waals surface area contributed by atoms with Crippen LogP contribution in [0.4, 0.5) is 0 Å². The minimum atomic E-state index is -0.490. The number of carbonyl (C=O) groups excluding carboxylic acids is 2. The van der Waals surface area contributed by atoms with Crippen molar-refractivity contribution in [1.29, 1.82) is 0 Å². The van der Waals surface area contributed by atoms with Crippen molar-refractivity contribution in [2.45, 2.75) is 26.4 Å². The highest BCUT2D eigenvalue weighted by atomic mass is 16.5. The topological polar surface area (TPSA) is 81.3 Å². The first-order valence-corrected chi connectivity index (χ1v) is 9.75. The minimum Gasteiger partial charge on any atom is -0.465 e. The van der Waals surface area contributed by atoms with Crippen molar-refractivity contribution in [3.63, 3.8) is 0 Å². The molecule has 0 saturated heterocycles. The summed E-state index contributed by atoms with van der Waals surface area (Å²) in [6, 6.07) is 15.5. The molecule has 0 unspecified atom stereocenters. The summed E-state index contributed by atoms with van der Waals surface area (Å²) in [5, 5.41) is 1.97. The number of nitrogens with zero attached hydrogens (tertiary/aromatic N) is 1. The van der Waals surface area contributed by atoms with Crippen LogP contribution < -0.4 is 0 Å². The Hall–Kier alpha value is -3.67. The van der Waals surface area contributed by atoms with Crippen molar-refractivity contribution in [2.75, 3.05) is 7.11 Å². The Labute approximate surface area is 173 Å². The zero-order chi connectivity index (χ0) is 21.1. The number of aromatic nitrogens is 2. The van der Waals surface area contributed by atoms with Crippen LogP contribution in [0.5, 0.6) is 0 Å². The number of hydrogen-bond acceptors (Lipinski definition) is 5. The number of esters is 2. The second-order valence-corrected chi connectivity index (χ2v) is 7.09. The van der Waals surface area contributed by atoms with E-state index in [4.69, 9.17) is 9.47 Å². The summed E-state index contributed by atoms with van der Waals surface area (Å²) < 4.78 is 10.4. The number of nitrogens with one attached hydrogen (secondary N) is 1. The first-order valence-electron chi connectivity index (χ1n) is 9.75. The highest BCUT2D eigenvalue weighted by Gasteiger charge is 2.20. The van der Waals surface area contributed by atoms with Gasteiger partial charge in [0.25, 0.3) is 0 Å². The number of carbonyl (C=O) groups is 2. The molecule has 2 heterocycles. The summed E-state index contributed by atoms with van der Waals surface area (Å²) in [6.45, 7) is 1.77. The number of rotatable bonds is 6. The van der Waals surface area contributed by atoms with Crippen LogP contribution in [0.1, 0.15) is 33.6 Å². The smallest absolute Gasteiger partial charge is 0.340 e. The van der Waals surface area contributed by atoms with Crippen molar-refractivity contribution < 1.29 is 19.1 Å². The molecule has 0 bridgehead atoms. The van der Waals surface area contributed by atoms with E-state index in [1.165, 1.54) is 7.11 Å². The van der Waals surface area contributed by atoms with E-state index in [1.54, 1.807) is 0 Å².